The number of ether oxygens (including phenoxy) is 1. The summed E-state index contributed by atoms with van der Waals surface area (Å²) < 4.78 is 5.21. The Balaban J connectivity index is 1.67. The highest BCUT2D eigenvalue weighted by molar-refractivity contribution is 7.98. The first kappa shape index (κ1) is 21.7. The maximum absolute atomic E-state index is 12.7. The molecule has 0 radical (unpaired) electrons. The Morgan fingerprint density at radius 2 is 1.63 bits per heavy atom. The molecule has 0 aliphatic rings. The maximum Gasteiger partial charge on any atom is 0.255 e. The summed E-state index contributed by atoms with van der Waals surface area (Å²) in [5.74, 6) is 0.866. The molecule has 154 valence electrons. The molecule has 30 heavy (non-hydrogen) atoms. The van der Waals surface area contributed by atoms with Gasteiger partial charge in [-0.15, -0.1) is 11.8 Å². The number of rotatable bonds is 7. The predicted octanol–water partition coefficient (Wildman–Crippen LogP) is 5.85. The molecule has 0 fully saturated rings. The van der Waals surface area contributed by atoms with Crippen LogP contribution in [0.3, 0.4) is 0 Å². The van der Waals surface area contributed by atoms with Crippen LogP contribution in [0.5, 0.6) is 5.75 Å². The van der Waals surface area contributed by atoms with E-state index in [-0.39, 0.29) is 11.8 Å². The van der Waals surface area contributed by atoms with Gasteiger partial charge in [-0.3, -0.25) is 9.59 Å². The normalized spacial score (nSPS) is 10.4. The zero-order valence-electron chi connectivity index (χ0n) is 16.6. The van der Waals surface area contributed by atoms with Crippen LogP contribution in [0.4, 0.5) is 11.4 Å². The summed E-state index contributed by atoms with van der Waals surface area (Å²) in [7, 11) is 1.54. The molecule has 0 aliphatic heterocycles. The van der Waals surface area contributed by atoms with Gasteiger partial charge in [-0.1, -0.05) is 23.7 Å². The second-order valence-electron chi connectivity index (χ2n) is 6.49. The summed E-state index contributed by atoms with van der Waals surface area (Å²) in [6.07, 6.45) is 0. The van der Waals surface area contributed by atoms with Crippen molar-refractivity contribution < 1.29 is 14.3 Å². The van der Waals surface area contributed by atoms with E-state index in [4.69, 9.17) is 16.3 Å². The number of amides is 2. The van der Waals surface area contributed by atoms with Crippen LogP contribution in [0.2, 0.25) is 5.02 Å². The fourth-order valence-electron chi connectivity index (χ4n) is 2.70. The Morgan fingerprint density at radius 1 is 0.933 bits per heavy atom. The average Bonchev–Trinajstić information content (AvgIpc) is 2.74. The molecule has 0 spiro atoms. The Hall–Kier alpha value is -2.96. The van der Waals surface area contributed by atoms with Gasteiger partial charge in [0, 0.05) is 34.2 Å². The second kappa shape index (κ2) is 10.2. The van der Waals surface area contributed by atoms with Crippen molar-refractivity contribution in [1.82, 2.24) is 0 Å². The Kier molecular flexibility index (Phi) is 7.38. The Bertz CT molecular complexity index is 1040. The van der Waals surface area contributed by atoms with E-state index in [0.29, 0.717) is 27.7 Å². The lowest BCUT2D eigenvalue weighted by molar-refractivity contribution is -0.114. The van der Waals surface area contributed by atoms with Crippen LogP contribution in [-0.2, 0) is 10.5 Å². The molecule has 0 saturated heterocycles. The molecule has 0 saturated carbocycles. The minimum absolute atomic E-state index is 0.224. The Morgan fingerprint density at radius 3 is 2.27 bits per heavy atom. The second-order valence-corrected chi connectivity index (χ2v) is 7.97. The molecule has 0 bridgehead atoms. The number of anilines is 2. The fraction of sp³-hybridized carbons (Fsp3) is 0.130. The molecule has 7 heteroatoms. The molecule has 2 amide bonds. The summed E-state index contributed by atoms with van der Waals surface area (Å²) in [6.45, 7) is 1.41. The molecular formula is C23H21ClN2O3S. The van der Waals surface area contributed by atoms with Crippen LogP contribution in [0.15, 0.2) is 71.6 Å². The van der Waals surface area contributed by atoms with E-state index in [2.05, 4.69) is 10.6 Å². The standard InChI is InChI=1S/C23H21ClN2O3S/c1-15(27)25-21-12-9-19(29-2)13-22(21)26-23(28)17-5-3-16(4-6-17)14-30-20-10-7-18(24)8-11-20/h3-13H,14H2,1-2H3,(H,25,27)(H,26,28). The smallest absolute Gasteiger partial charge is 0.255 e. The number of carbonyl (C=O) groups is 2. The van der Waals surface area contributed by atoms with Crippen molar-refractivity contribution in [2.45, 2.75) is 17.6 Å². The van der Waals surface area contributed by atoms with Gasteiger partial charge in [0.15, 0.2) is 0 Å². The van der Waals surface area contributed by atoms with Gasteiger partial charge in [-0.25, -0.2) is 0 Å². The van der Waals surface area contributed by atoms with Crippen LogP contribution in [0.1, 0.15) is 22.8 Å². The molecule has 0 aromatic heterocycles. The maximum atomic E-state index is 12.7. The minimum atomic E-state index is -0.272. The summed E-state index contributed by atoms with van der Waals surface area (Å²) in [5, 5.41) is 6.26. The van der Waals surface area contributed by atoms with Crippen LogP contribution in [0, 0.1) is 0 Å². The van der Waals surface area contributed by atoms with Crippen molar-refractivity contribution in [1.29, 1.82) is 0 Å². The molecule has 0 heterocycles. The highest BCUT2D eigenvalue weighted by Crippen LogP contribution is 2.28. The zero-order chi connectivity index (χ0) is 21.5. The number of methoxy groups -OCH3 is 1. The lowest BCUT2D eigenvalue weighted by atomic mass is 10.1. The molecule has 3 rings (SSSR count). The van der Waals surface area contributed by atoms with Crippen molar-refractivity contribution in [3.05, 3.63) is 82.9 Å². The number of hydrogen-bond donors (Lipinski definition) is 2. The average molecular weight is 441 g/mol. The monoisotopic (exact) mass is 440 g/mol. The highest BCUT2D eigenvalue weighted by Gasteiger charge is 2.12. The molecule has 3 aromatic rings. The molecule has 5 nitrogen and oxygen atoms in total. The third-order valence-corrected chi connectivity index (χ3v) is 5.56. The number of thioether (sulfide) groups is 1. The summed E-state index contributed by atoms with van der Waals surface area (Å²) in [4.78, 5) is 25.3. The number of nitrogens with one attached hydrogen (secondary N) is 2. The number of benzene rings is 3. The van der Waals surface area contributed by atoms with Gasteiger partial charge < -0.3 is 15.4 Å². The largest absolute Gasteiger partial charge is 0.497 e. The van der Waals surface area contributed by atoms with Crippen molar-refractivity contribution in [2.75, 3.05) is 17.7 Å². The predicted molar refractivity (Wildman–Crippen MR) is 123 cm³/mol. The molecule has 3 aromatic carbocycles. The third-order valence-electron chi connectivity index (χ3n) is 4.22. The van der Waals surface area contributed by atoms with E-state index in [0.717, 1.165) is 16.2 Å². The lowest BCUT2D eigenvalue weighted by Gasteiger charge is -2.13. The highest BCUT2D eigenvalue weighted by atomic mass is 35.5. The van der Waals surface area contributed by atoms with Gasteiger partial charge in [-0.05, 0) is 54.1 Å². The van der Waals surface area contributed by atoms with Crippen molar-refractivity contribution in [3.63, 3.8) is 0 Å². The van der Waals surface area contributed by atoms with Crippen LogP contribution in [-0.4, -0.2) is 18.9 Å². The summed E-state index contributed by atoms with van der Waals surface area (Å²) in [6, 6.07) is 20.2. The van der Waals surface area contributed by atoms with E-state index in [9.17, 15) is 9.59 Å². The molecule has 0 atom stereocenters. The Labute approximate surface area is 184 Å². The first-order valence-electron chi connectivity index (χ1n) is 9.19. The number of carbonyl (C=O) groups excluding carboxylic acids is 2. The molecule has 0 unspecified atom stereocenters. The van der Waals surface area contributed by atoms with Crippen molar-refractivity contribution in [3.8, 4) is 5.75 Å². The lowest BCUT2D eigenvalue weighted by Crippen LogP contribution is -2.15. The molecule has 2 N–H and O–H groups in total. The van der Waals surface area contributed by atoms with E-state index < -0.39 is 0 Å². The van der Waals surface area contributed by atoms with Crippen molar-refractivity contribution in [2.24, 2.45) is 0 Å². The van der Waals surface area contributed by atoms with Crippen LogP contribution < -0.4 is 15.4 Å². The van der Waals surface area contributed by atoms with Crippen LogP contribution in [0.25, 0.3) is 0 Å². The van der Waals surface area contributed by atoms with Gasteiger partial charge in [-0.2, -0.15) is 0 Å². The fourth-order valence-corrected chi connectivity index (χ4v) is 3.68. The van der Waals surface area contributed by atoms with E-state index in [1.54, 1.807) is 49.2 Å². The summed E-state index contributed by atoms with van der Waals surface area (Å²) in [5.41, 5.74) is 2.60. The summed E-state index contributed by atoms with van der Waals surface area (Å²) >= 11 is 7.61. The van der Waals surface area contributed by atoms with Gasteiger partial charge in [0.2, 0.25) is 5.91 Å². The first-order valence-corrected chi connectivity index (χ1v) is 10.6. The van der Waals surface area contributed by atoms with Gasteiger partial charge in [0.25, 0.3) is 5.91 Å². The van der Waals surface area contributed by atoms with Gasteiger partial charge in [0.1, 0.15) is 5.75 Å². The topological polar surface area (TPSA) is 67.4 Å². The van der Waals surface area contributed by atoms with Crippen molar-refractivity contribution >= 4 is 46.6 Å². The van der Waals surface area contributed by atoms with E-state index in [1.165, 1.54) is 6.92 Å². The van der Waals surface area contributed by atoms with Gasteiger partial charge >= 0.3 is 0 Å². The van der Waals surface area contributed by atoms with Crippen LogP contribution >= 0.6 is 23.4 Å². The van der Waals surface area contributed by atoms with E-state index in [1.807, 2.05) is 36.4 Å². The third kappa shape index (κ3) is 6.02. The number of hydrogen-bond acceptors (Lipinski definition) is 4. The molecule has 0 aliphatic carbocycles. The van der Waals surface area contributed by atoms with E-state index >= 15 is 0 Å². The quantitative estimate of drug-likeness (QED) is 0.452. The molecular weight excluding hydrogens is 420 g/mol. The van der Waals surface area contributed by atoms with Gasteiger partial charge in [0.05, 0.1) is 18.5 Å². The SMILES string of the molecule is COc1ccc(NC(C)=O)c(NC(=O)c2ccc(CSc3ccc(Cl)cc3)cc2)c1. The minimum Gasteiger partial charge on any atom is -0.497 e. The zero-order valence-corrected chi connectivity index (χ0v) is 18.1. The first-order chi connectivity index (χ1) is 14.4. The number of halogens is 1.